The molecule has 0 aliphatic heterocycles. The Morgan fingerprint density at radius 1 is 1.18 bits per heavy atom. The van der Waals surface area contributed by atoms with Crippen molar-refractivity contribution in [2.24, 2.45) is 7.05 Å². The third kappa shape index (κ3) is 2.36. The fourth-order valence-electron chi connectivity index (χ4n) is 2.22. The predicted octanol–water partition coefficient (Wildman–Crippen LogP) is 3.75. The van der Waals surface area contributed by atoms with Gasteiger partial charge >= 0.3 is 0 Å². The average Bonchev–Trinajstić information content (AvgIpc) is 2.46. The first kappa shape index (κ1) is 14.9. The number of fused-ring (bicyclic) bond motifs is 1. The highest BCUT2D eigenvalue weighted by atomic mass is 35.5. The molecular weight excluding hydrogens is 328 g/mol. The summed E-state index contributed by atoms with van der Waals surface area (Å²) in [6, 6.07) is 5.65. The number of halogens is 3. The van der Waals surface area contributed by atoms with Crippen LogP contribution >= 0.6 is 23.2 Å². The van der Waals surface area contributed by atoms with Crippen LogP contribution in [-0.2, 0) is 7.05 Å². The molecule has 0 bridgehead atoms. The third-order valence-electron chi connectivity index (χ3n) is 3.44. The van der Waals surface area contributed by atoms with Gasteiger partial charge in [-0.05, 0) is 31.2 Å². The fourth-order valence-corrected chi connectivity index (χ4v) is 2.57. The Morgan fingerprint density at radius 3 is 2.59 bits per heavy atom. The van der Waals surface area contributed by atoms with Crippen molar-refractivity contribution in [2.75, 3.05) is 0 Å². The topological polar surface area (TPSA) is 47.8 Å². The summed E-state index contributed by atoms with van der Waals surface area (Å²) in [6.07, 6.45) is 0. The molecule has 7 heteroatoms. The minimum Gasteiger partial charge on any atom is -0.299 e. The predicted molar refractivity (Wildman–Crippen MR) is 84.9 cm³/mol. The molecule has 0 saturated carbocycles. The van der Waals surface area contributed by atoms with Crippen molar-refractivity contribution in [3.63, 3.8) is 0 Å². The molecule has 0 amide bonds. The molecule has 0 unspecified atom stereocenters. The van der Waals surface area contributed by atoms with Crippen LogP contribution < -0.4 is 5.56 Å². The Kier molecular flexibility index (Phi) is 3.62. The Bertz CT molecular complexity index is 969. The zero-order valence-electron chi connectivity index (χ0n) is 11.7. The number of pyridine rings is 1. The van der Waals surface area contributed by atoms with Crippen LogP contribution in [0.5, 0.6) is 0 Å². The summed E-state index contributed by atoms with van der Waals surface area (Å²) >= 11 is 11.8. The van der Waals surface area contributed by atoms with E-state index < -0.39 is 5.82 Å². The molecule has 2 heterocycles. The molecular formula is C15H10Cl2FN3O. The molecule has 0 aliphatic rings. The summed E-state index contributed by atoms with van der Waals surface area (Å²) in [7, 11) is 1.61. The van der Waals surface area contributed by atoms with Crippen LogP contribution in [-0.4, -0.2) is 14.5 Å². The summed E-state index contributed by atoms with van der Waals surface area (Å²) < 4.78 is 15.6. The molecule has 0 spiro atoms. The van der Waals surface area contributed by atoms with Gasteiger partial charge in [0.25, 0.3) is 5.56 Å². The summed E-state index contributed by atoms with van der Waals surface area (Å²) in [4.78, 5) is 20.9. The normalized spacial score (nSPS) is 11.1. The van der Waals surface area contributed by atoms with E-state index in [1.54, 1.807) is 20.0 Å². The third-order valence-corrected chi connectivity index (χ3v) is 3.87. The number of hydrogen-bond acceptors (Lipinski definition) is 3. The second kappa shape index (κ2) is 5.34. The van der Waals surface area contributed by atoms with Gasteiger partial charge in [0.05, 0.1) is 5.39 Å². The molecule has 2 aromatic heterocycles. The van der Waals surface area contributed by atoms with Gasteiger partial charge in [0.15, 0.2) is 0 Å². The van der Waals surface area contributed by atoms with E-state index in [2.05, 4.69) is 9.97 Å². The Labute approximate surface area is 135 Å². The van der Waals surface area contributed by atoms with Crippen molar-refractivity contribution in [1.29, 1.82) is 0 Å². The minimum absolute atomic E-state index is 0.0969. The number of hydrogen-bond donors (Lipinski definition) is 0. The van der Waals surface area contributed by atoms with Crippen molar-refractivity contribution in [3.8, 4) is 11.3 Å². The van der Waals surface area contributed by atoms with Crippen molar-refractivity contribution in [3.05, 3.63) is 56.4 Å². The molecule has 0 atom stereocenters. The molecule has 3 rings (SSSR count). The van der Waals surface area contributed by atoms with Crippen LogP contribution in [0.4, 0.5) is 4.39 Å². The highest BCUT2D eigenvalue weighted by Crippen LogP contribution is 2.29. The number of nitrogens with zero attached hydrogens (tertiary/aromatic N) is 3. The zero-order chi connectivity index (χ0) is 16.0. The lowest BCUT2D eigenvalue weighted by Gasteiger charge is -2.10. The molecule has 0 radical (unpaired) electrons. The van der Waals surface area contributed by atoms with E-state index in [1.165, 1.54) is 22.8 Å². The highest BCUT2D eigenvalue weighted by molar-refractivity contribution is 6.31. The molecule has 4 nitrogen and oxygen atoms in total. The van der Waals surface area contributed by atoms with E-state index in [9.17, 15) is 9.18 Å². The zero-order valence-corrected chi connectivity index (χ0v) is 13.2. The summed E-state index contributed by atoms with van der Waals surface area (Å²) in [5, 5.41) is 0.657. The van der Waals surface area contributed by atoms with Gasteiger partial charge in [0.2, 0.25) is 0 Å². The van der Waals surface area contributed by atoms with Gasteiger partial charge in [-0.25, -0.2) is 14.4 Å². The molecule has 0 N–H and O–H groups in total. The van der Waals surface area contributed by atoms with E-state index in [-0.39, 0.29) is 32.4 Å². The van der Waals surface area contributed by atoms with Gasteiger partial charge in [-0.3, -0.25) is 9.36 Å². The van der Waals surface area contributed by atoms with Crippen molar-refractivity contribution in [1.82, 2.24) is 14.5 Å². The lowest BCUT2D eigenvalue weighted by atomic mass is 10.1. The SMILES string of the molecule is Cc1nc2c(-c3ccc(Cl)cc3F)nc(Cl)cc2c(=O)n1C. The highest BCUT2D eigenvalue weighted by Gasteiger charge is 2.16. The second-order valence-electron chi connectivity index (χ2n) is 4.84. The van der Waals surface area contributed by atoms with Crippen LogP contribution in [0, 0.1) is 12.7 Å². The first-order valence-electron chi connectivity index (χ1n) is 6.38. The number of benzene rings is 1. The maximum Gasteiger partial charge on any atom is 0.261 e. The largest absolute Gasteiger partial charge is 0.299 e. The van der Waals surface area contributed by atoms with Gasteiger partial charge < -0.3 is 0 Å². The van der Waals surface area contributed by atoms with Crippen molar-refractivity contribution >= 4 is 34.1 Å². The summed E-state index contributed by atoms with van der Waals surface area (Å²) in [5.74, 6) is -0.0547. The van der Waals surface area contributed by atoms with Crippen LogP contribution in [0.3, 0.4) is 0 Å². The molecule has 0 fully saturated rings. The standard InChI is InChI=1S/C15H10Cl2FN3O/c1-7-19-14-10(15(22)21(7)2)6-12(17)20-13(14)9-4-3-8(16)5-11(9)18/h3-6H,1-2H3. The summed E-state index contributed by atoms with van der Waals surface area (Å²) in [6.45, 7) is 1.69. The van der Waals surface area contributed by atoms with Gasteiger partial charge in [0, 0.05) is 17.6 Å². The van der Waals surface area contributed by atoms with Gasteiger partial charge in [-0.1, -0.05) is 23.2 Å². The maximum absolute atomic E-state index is 14.2. The summed E-state index contributed by atoms with van der Waals surface area (Å²) in [5.41, 5.74) is 0.461. The first-order valence-corrected chi connectivity index (χ1v) is 7.13. The number of aromatic nitrogens is 3. The molecule has 22 heavy (non-hydrogen) atoms. The molecule has 0 saturated heterocycles. The van der Waals surface area contributed by atoms with Crippen LogP contribution in [0.15, 0.2) is 29.1 Å². The smallest absolute Gasteiger partial charge is 0.261 e. The van der Waals surface area contributed by atoms with Crippen molar-refractivity contribution < 1.29 is 4.39 Å². The average molecular weight is 338 g/mol. The Morgan fingerprint density at radius 2 is 1.91 bits per heavy atom. The van der Waals surface area contributed by atoms with E-state index in [0.29, 0.717) is 11.3 Å². The Balaban J connectivity index is 2.46. The van der Waals surface area contributed by atoms with E-state index in [4.69, 9.17) is 23.2 Å². The fraction of sp³-hybridized carbons (Fsp3) is 0.133. The Hall–Kier alpha value is -1.98. The number of rotatable bonds is 1. The van der Waals surface area contributed by atoms with Gasteiger partial charge in [0.1, 0.15) is 28.0 Å². The van der Waals surface area contributed by atoms with E-state index >= 15 is 0 Å². The molecule has 112 valence electrons. The second-order valence-corrected chi connectivity index (χ2v) is 5.66. The lowest BCUT2D eigenvalue weighted by Crippen LogP contribution is -2.21. The lowest BCUT2D eigenvalue weighted by molar-refractivity contribution is 0.631. The molecule has 3 aromatic rings. The van der Waals surface area contributed by atoms with Gasteiger partial charge in [-0.15, -0.1) is 0 Å². The van der Waals surface area contributed by atoms with E-state index in [0.717, 1.165) is 0 Å². The van der Waals surface area contributed by atoms with Crippen LogP contribution in [0.1, 0.15) is 5.82 Å². The first-order chi connectivity index (χ1) is 10.4. The maximum atomic E-state index is 14.2. The van der Waals surface area contributed by atoms with Crippen molar-refractivity contribution in [2.45, 2.75) is 6.92 Å². The monoisotopic (exact) mass is 337 g/mol. The van der Waals surface area contributed by atoms with Crippen LogP contribution in [0.25, 0.3) is 22.2 Å². The van der Waals surface area contributed by atoms with E-state index in [1.807, 2.05) is 0 Å². The van der Waals surface area contributed by atoms with Crippen LogP contribution in [0.2, 0.25) is 10.2 Å². The molecule has 1 aromatic carbocycles. The quantitative estimate of drug-likeness (QED) is 0.635. The van der Waals surface area contributed by atoms with Gasteiger partial charge in [-0.2, -0.15) is 0 Å². The molecule has 0 aliphatic carbocycles. The number of aryl methyl sites for hydroxylation is 1. The minimum atomic E-state index is -0.552.